The number of benzene rings is 2. The highest BCUT2D eigenvalue weighted by Gasteiger charge is 2.35. The molecule has 0 radical (unpaired) electrons. The standard InChI is InChI=1S/C21H19IN2O6S/c1-3-29-17-10-14(9-16(22)19(17)30-4-2)11-18-20(25)23(21(26)31-18)12-13-5-7-15(8-6-13)24(27)28/h5-11H,3-4,12H2,1-2H3/b18-11-. The highest BCUT2D eigenvalue weighted by atomic mass is 127. The molecule has 0 N–H and O–H groups in total. The fourth-order valence-corrected chi connectivity index (χ4v) is 4.53. The highest BCUT2D eigenvalue weighted by molar-refractivity contribution is 14.1. The molecule has 8 nitrogen and oxygen atoms in total. The highest BCUT2D eigenvalue weighted by Crippen LogP contribution is 2.38. The van der Waals surface area contributed by atoms with E-state index >= 15 is 0 Å². The summed E-state index contributed by atoms with van der Waals surface area (Å²) in [6.07, 6.45) is 1.65. The molecule has 0 aliphatic carbocycles. The molecule has 0 saturated carbocycles. The molecule has 1 aliphatic heterocycles. The molecule has 0 unspecified atom stereocenters. The molecule has 0 spiro atoms. The van der Waals surface area contributed by atoms with Crippen LogP contribution in [0.2, 0.25) is 0 Å². The lowest BCUT2D eigenvalue weighted by molar-refractivity contribution is -0.384. The minimum absolute atomic E-state index is 0.0466. The summed E-state index contributed by atoms with van der Waals surface area (Å²) in [5, 5.41) is 10.4. The molecule has 1 aliphatic rings. The zero-order valence-electron chi connectivity index (χ0n) is 16.8. The van der Waals surface area contributed by atoms with Crippen molar-refractivity contribution in [2.24, 2.45) is 0 Å². The van der Waals surface area contributed by atoms with Crippen LogP contribution in [0.5, 0.6) is 11.5 Å². The summed E-state index contributed by atoms with van der Waals surface area (Å²) < 4.78 is 12.2. The topological polar surface area (TPSA) is 99.0 Å². The van der Waals surface area contributed by atoms with Crippen molar-refractivity contribution in [3.8, 4) is 11.5 Å². The van der Waals surface area contributed by atoms with Crippen LogP contribution in [0.25, 0.3) is 6.08 Å². The summed E-state index contributed by atoms with van der Waals surface area (Å²) in [7, 11) is 0. The molecular formula is C21H19IN2O6S. The average Bonchev–Trinajstić information content (AvgIpc) is 2.98. The number of thioether (sulfide) groups is 1. The maximum Gasteiger partial charge on any atom is 0.293 e. The van der Waals surface area contributed by atoms with Crippen molar-refractivity contribution in [3.05, 3.63) is 66.1 Å². The van der Waals surface area contributed by atoms with E-state index in [1.54, 1.807) is 12.1 Å². The van der Waals surface area contributed by atoms with Gasteiger partial charge in [-0.3, -0.25) is 24.6 Å². The Morgan fingerprint density at radius 3 is 2.42 bits per heavy atom. The molecule has 10 heteroatoms. The van der Waals surface area contributed by atoms with Crippen molar-refractivity contribution in [1.29, 1.82) is 0 Å². The number of halogens is 1. The van der Waals surface area contributed by atoms with E-state index in [4.69, 9.17) is 9.47 Å². The van der Waals surface area contributed by atoms with Crippen LogP contribution in [0.3, 0.4) is 0 Å². The van der Waals surface area contributed by atoms with Crippen LogP contribution in [0.1, 0.15) is 25.0 Å². The van der Waals surface area contributed by atoms with E-state index in [0.717, 1.165) is 25.8 Å². The second-order valence-electron chi connectivity index (χ2n) is 6.39. The molecule has 2 aromatic carbocycles. The van der Waals surface area contributed by atoms with E-state index in [1.807, 2.05) is 19.9 Å². The average molecular weight is 554 g/mol. The number of nitrogens with zero attached hydrogens (tertiary/aromatic N) is 2. The van der Waals surface area contributed by atoms with Crippen LogP contribution < -0.4 is 9.47 Å². The van der Waals surface area contributed by atoms with Crippen molar-refractivity contribution in [2.75, 3.05) is 13.2 Å². The second-order valence-corrected chi connectivity index (χ2v) is 8.54. The number of imide groups is 1. The Bertz CT molecular complexity index is 1050. The van der Waals surface area contributed by atoms with E-state index < -0.39 is 10.8 Å². The van der Waals surface area contributed by atoms with Crippen molar-refractivity contribution in [3.63, 3.8) is 0 Å². The Morgan fingerprint density at radius 2 is 1.81 bits per heavy atom. The molecule has 0 bridgehead atoms. The fraction of sp³-hybridized carbons (Fsp3) is 0.238. The quantitative estimate of drug-likeness (QED) is 0.191. The Balaban J connectivity index is 1.83. The first-order valence-electron chi connectivity index (χ1n) is 9.41. The molecule has 31 heavy (non-hydrogen) atoms. The van der Waals surface area contributed by atoms with Gasteiger partial charge in [-0.2, -0.15) is 0 Å². The predicted octanol–water partition coefficient (Wildman–Crippen LogP) is 5.23. The van der Waals surface area contributed by atoms with Crippen LogP contribution in [0.4, 0.5) is 10.5 Å². The third-order valence-electron chi connectivity index (χ3n) is 4.28. The number of carbonyl (C=O) groups excluding carboxylic acids is 2. The van der Waals surface area contributed by atoms with Gasteiger partial charge in [0.1, 0.15) is 0 Å². The van der Waals surface area contributed by atoms with Crippen LogP contribution in [0.15, 0.2) is 41.3 Å². The van der Waals surface area contributed by atoms with E-state index in [2.05, 4.69) is 22.6 Å². The second kappa shape index (κ2) is 10.1. The number of amides is 2. The molecule has 1 heterocycles. The largest absolute Gasteiger partial charge is 0.490 e. The Morgan fingerprint density at radius 1 is 1.13 bits per heavy atom. The summed E-state index contributed by atoms with van der Waals surface area (Å²) in [5.41, 5.74) is 1.30. The first-order valence-corrected chi connectivity index (χ1v) is 11.3. The van der Waals surface area contributed by atoms with Crippen molar-refractivity contribution in [1.82, 2.24) is 4.90 Å². The predicted molar refractivity (Wildman–Crippen MR) is 126 cm³/mol. The molecule has 0 atom stereocenters. The Kier molecular flexibility index (Phi) is 7.55. The Hall–Kier alpha value is -2.60. The number of nitro groups is 1. The molecule has 162 valence electrons. The van der Waals surface area contributed by atoms with Gasteiger partial charge in [-0.1, -0.05) is 12.1 Å². The molecular weight excluding hydrogens is 535 g/mol. The van der Waals surface area contributed by atoms with Crippen molar-refractivity contribution in [2.45, 2.75) is 20.4 Å². The number of nitro benzene ring substituents is 1. The summed E-state index contributed by atoms with van der Waals surface area (Å²) in [5.74, 6) is 0.816. The zero-order valence-corrected chi connectivity index (χ0v) is 19.8. The molecule has 1 fully saturated rings. The number of non-ortho nitro benzene ring substituents is 1. The van der Waals surface area contributed by atoms with Crippen LogP contribution >= 0.6 is 34.4 Å². The summed E-state index contributed by atoms with van der Waals surface area (Å²) in [6.45, 7) is 4.77. The minimum atomic E-state index is -0.499. The van der Waals surface area contributed by atoms with Gasteiger partial charge in [0.25, 0.3) is 16.8 Å². The van der Waals surface area contributed by atoms with Gasteiger partial charge in [0.15, 0.2) is 11.5 Å². The van der Waals surface area contributed by atoms with Gasteiger partial charge in [-0.05, 0) is 77.5 Å². The van der Waals surface area contributed by atoms with E-state index in [0.29, 0.717) is 35.2 Å². The first-order chi connectivity index (χ1) is 14.8. The first kappa shape index (κ1) is 23.1. The van der Waals surface area contributed by atoms with Gasteiger partial charge in [0.05, 0.1) is 33.2 Å². The maximum absolute atomic E-state index is 12.8. The lowest BCUT2D eigenvalue weighted by Gasteiger charge is -2.14. The molecule has 1 saturated heterocycles. The third kappa shape index (κ3) is 5.37. The van der Waals surface area contributed by atoms with Crippen LogP contribution in [-0.4, -0.2) is 34.2 Å². The lowest BCUT2D eigenvalue weighted by atomic mass is 10.1. The van der Waals surface area contributed by atoms with Gasteiger partial charge < -0.3 is 9.47 Å². The minimum Gasteiger partial charge on any atom is -0.490 e. The number of ether oxygens (including phenoxy) is 2. The van der Waals surface area contributed by atoms with Gasteiger partial charge >= 0.3 is 0 Å². The van der Waals surface area contributed by atoms with Crippen molar-refractivity contribution < 1.29 is 24.0 Å². The lowest BCUT2D eigenvalue weighted by Crippen LogP contribution is -2.27. The van der Waals surface area contributed by atoms with E-state index in [9.17, 15) is 19.7 Å². The smallest absolute Gasteiger partial charge is 0.293 e. The third-order valence-corrected chi connectivity index (χ3v) is 5.99. The monoisotopic (exact) mass is 554 g/mol. The summed E-state index contributed by atoms with van der Waals surface area (Å²) in [4.78, 5) is 36.9. The van der Waals surface area contributed by atoms with Gasteiger partial charge in [-0.15, -0.1) is 0 Å². The SMILES string of the molecule is CCOc1cc(/C=C2\SC(=O)N(Cc3ccc([N+](=O)[O-])cc3)C2=O)cc(I)c1OCC. The zero-order chi connectivity index (χ0) is 22.5. The van der Waals surface area contributed by atoms with Crippen LogP contribution in [-0.2, 0) is 11.3 Å². The number of hydrogen-bond donors (Lipinski definition) is 0. The fourth-order valence-electron chi connectivity index (χ4n) is 2.91. The van der Waals surface area contributed by atoms with E-state index in [-0.39, 0.29) is 17.5 Å². The van der Waals surface area contributed by atoms with Crippen molar-refractivity contribution >= 4 is 57.3 Å². The van der Waals surface area contributed by atoms with Gasteiger partial charge in [-0.25, -0.2) is 0 Å². The molecule has 3 rings (SSSR count). The molecule has 0 aromatic heterocycles. The Labute approximate surface area is 196 Å². The summed E-state index contributed by atoms with van der Waals surface area (Å²) >= 11 is 3.00. The number of carbonyl (C=O) groups is 2. The molecule has 2 amide bonds. The maximum atomic E-state index is 12.8. The van der Waals surface area contributed by atoms with E-state index in [1.165, 1.54) is 24.3 Å². The van der Waals surface area contributed by atoms with Gasteiger partial charge in [0, 0.05) is 12.1 Å². The van der Waals surface area contributed by atoms with Crippen LogP contribution in [0, 0.1) is 13.7 Å². The number of hydrogen-bond acceptors (Lipinski definition) is 7. The molecule has 2 aromatic rings. The normalized spacial score (nSPS) is 14.9. The number of rotatable bonds is 8. The summed E-state index contributed by atoms with van der Waals surface area (Å²) in [6, 6.07) is 9.41. The van der Waals surface area contributed by atoms with Gasteiger partial charge in [0.2, 0.25) is 0 Å².